The van der Waals surface area contributed by atoms with Crippen molar-refractivity contribution in [1.82, 2.24) is 9.97 Å². The molecule has 2 aromatic heterocycles. The third-order valence-corrected chi connectivity index (χ3v) is 4.37. The standard InChI is InChI=1S/C17H18F3N3OS/c1-16(2,3)25-23-12-6-4-5-11-14(12)24-15(22-11)10-7-8-21-13(9-10)17(18,19)20/h7-9H,4-6H2,1-3H3/b23-12+. The molecule has 0 atom stereocenters. The molecule has 0 amide bonds. The molecule has 134 valence electrons. The number of fused-ring (bicyclic) bond motifs is 1. The van der Waals surface area contributed by atoms with Gasteiger partial charge in [-0.1, -0.05) is 0 Å². The number of nitrogens with zero attached hydrogens (tertiary/aromatic N) is 3. The van der Waals surface area contributed by atoms with E-state index in [0.29, 0.717) is 5.76 Å². The van der Waals surface area contributed by atoms with Gasteiger partial charge in [-0.2, -0.15) is 13.2 Å². The lowest BCUT2D eigenvalue weighted by Gasteiger charge is -2.16. The average molecular weight is 369 g/mol. The Kier molecular flexibility index (Phi) is 4.66. The predicted octanol–water partition coefficient (Wildman–Crippen LogP) is 5.33. The van der Waals surface area contributed by atoms with Gasteiger partial charge in [0.05, 0.1) is 11.4 Å². The first-order chi connectivity index (χ1) is 11.6. The largest absolute Gasteiger partial charge is 0.434 e. The molecule has 8 heteroatoms. The summed E-state index contributed by atoms with van der Waals surface area (Å²) in [6.45, 7) is 6.19. The fourth-order valence-corrected chi connectivity index (χ4v) is 2.96. The van der Waals surface area contributed by atoms with E-state index >= 15 is 0 Å². The SMILES string of the molecule is CC(C)(C)S/N=C1\CCCc2nc(-c3ccnc(C(F)(F)F)c3)oc21. The molecule has 1 aliphatic carbocycles. The molecule has 0 aliphatic heterocycles. The lowest BCUT2D eigenvalue weighted by molar-refractivity contribution is -0.141. The smallest absolute Gasteiger partial charge is 0.433 e. The number of hydrogen-bond donors (Lipinski definition) is 0. The molecule has 2 heterocycles. The zero-order chi connectivity index (χ0) is 18.2. The van der Waals surface area contributed by atoms with Crippen molar-refractivity contribution in [3.05, 3.63) is 35.5 Å². The zero-order valence-electron chi connectivity index (χ0n) is 14.1. The molecule has 3 rings (SSSR count). The molecule has 0 bridgehead atoms. The van der Waals surface area contributed by atoms with E-state index in [0.717, 1.165) is 42.9 Å². The van der Waals surface area contributed by atoms with Gasteiger partial charge in [-0.25, -0.2) is 9.38 Å². The van der Waals surface area contributed by atoms with Crippen molar-refractivity contribution in [2.75, 3.05) is 0 Å². The van der Waals surface area contributed by atoms with E-state index < -0.39 is 11.9 Å². The Hall–Kier alpha value is -1.83. The lowest BCUT2D eigenvalue weighted by atomic mass is 10.0. The topological polar surface area (TPSA) is 51.3 Å². The van der Waals surface area contributed by atoms with Crippen molar-refractivity contribution in [1.29, 1.82) is 0 Å². The van der Waals surface area contributed by atoms with Gasteiger partial charge in [-0.05, 0) is 64.1 Å². The highest BCUT2D eigenvalue weighted by atomic mass is 32.2. The summed E-state index contributed by atoms with van der Waals surface area (Å²) in [5.74, 6) is 0.761. The molecular weight excluding hydrogens is 351 g/mol. The van der Waals surface area contributed by atoms with Crippen LogP contribution in [0.5, 0.6) is 0 Å². The molecular formula is C17H18F3N3OS. The quantitative estimate of drug-likeness (QED) is 0.672. The Morgan fingerprint density at radius 1 is 1.20 bits per heavy atom. The second-order valence-corrected chi connectivity index (χ2v) is 8.41. The van der Waals surface area contributed by atoms with Crippen LogP contribution in [0.2, 0.25) is 0 Å². The summed E-state index contributed by atoms with van der Waals surface area (Å²) in [4.78, 5) is 7.75. The second kappa shape index (κ2) is 6.48. The summed E-state index contributed by atoms with van der Waals surface area (Å²) in [6, 6.07) is 2.42. The normalized spacial score (nSPS) is 17.0. The van der Waals surface area contributed by atoms with E-state index in [4.69, 9.17) is 4.42 Å². The third kappa shape index (κ3) is 4.23. The van der Waals surface area contributed by atoms with Crippen molar-refractivity contribution in [2.24, 2.45) is 4.40 Å². The minimum atomic E-state index is -4.50. The van der Waals surface area contributed by atoms with Crippen molar-refractivity contribution in [3.8, 4) is 11.5 Å². The molecule has 0 aromatic carbocycles. The maximum atomic E-state index is 12.8. The highest BCUT2D eigenvalue weighted by Crippen LogP contribution is 2.33. The fourth-order valence-electron chi connectivity index (χ4n) is 2.40. The van der Waals surface area contributed by atoms with Gasteiger partial charge in [0.15, 0.2) is 5.76 Å². The van der Waals surface area contributed by atoms with Crippen LogP contribution >= 0.6 is 11.9 Å². The second-order valence-electron chi connectivity index (χ2n) is 6.82. The van der Waals surface area contributed by atoms with E-state index in [2.05, 4.69) is 35.1 Å². The number of oxazole rings is 1. The molecule has 1 aliphatic rings. The summed E-state index contributed by atoms with van der Waals surface area (Å²) in [6.07, 6.45) is -0.985. The fraction of sp³-hybridized carbons (Fsp3) is 0.471. The van der Waals surface area contributed by atoms with Gasteiger partial charge in [0.1, 0.15) is 5.69 Å². The Morgan fingerprint density at radius 2 is 1.96 bits per heavy atom. The van der Waals surface area contributed by atoms with Gasteiger partial charge in [0.25, 0.3) is 0 Å². The van der Waals surface area contributed by atoms with Crippen LogP contribution in [-0.4, -0.2) is 20.4 Å². The first-order valence-corrected chi connectivity index (χ1v) is 8.69. The van der Waals surface area contributed by atoms with Crippen LogP contribution in [0.15, 0.2) is 27.1 Å². The van der Waals surface area contributed by atoms with E-state index in [1.807, 2.05) is 0 Å². The minimum absolute atomic E-state index is 0.0276. The number of aryl methyl sites for hydroxylation is 1. The van der Waals surface area contributed by atoms with Crippen molar-refractivity contribution >= 4 is 17.7 Å². The molecule has 4 nitrogen and oxygen atoms in total. The third-order valence-electron chi connectivity index (χ3n) is 3.51. The minimum Gasteiger partial charge on any atom is -0.434 e. The van der Waals surface area contributed by atoms with Crippen LogP contribution in [0.1, 0.15) is 50.8 Å². The van der Waals surface area contributed by atoms with Crippen molar-refractivity contribution < 1.29 is 17.6 Å². The van der Waals surface area contributed by atoms with Gasteiger partial charge >= 0.3 is 6.18 Å². The van der Waals surface area contributed by atoms with Crippen molar-refractivity contribution in [2.45, 2.75) is 51.0 Å². The van der Waals surface area contributed by atoms with Crippen LogP contribution in [0.25, 0.3) is 11.5 Å². The summed E-state index contributed by atoms with van der Waals surface area (Å²) in [5.41, 5.74) is 0.864. The summed E-state index contributed by atoms with van der Waals surface area (Å²) in [5, 5.41) is 0. The Morgan fingerprint density at radius 3 is 2.64 bits per heavy atom. The van der Waals surface area contributed by atoms with Gasteiger partial charge in [0.2, 0.25) is 5.89 Å². The van der Waals surface area contributed by atoms with Gasteiger partial charge in [-0.15, -0.1) is 0 Å². The Balaban J connectivity index is 1.96. The van der Waals surface area contributed by atoms with Crippen LogP contribution in [0, 0.1) is 0 Å². The van der Waals surface area contributed by atoms with Gasteiger partial charge in [-0.3, -0.25) is 4.98 Å². The molecule has 0 fully saturated rings. The summed E-state index contributed by atoms with van der Waals surface area (Å²) >= 11 is 1.46. The number of pyridine rings is 1. The number of alkyl halides is 3. The first kappa shape index (κ1) is 18.0. The lowest BCUT2D eigenvalue weighted by Crippen LogP contribution is -2.12. The van der Waals surface area contributed by atoms with E-state index in [1.54, 1.807) is 0 Å². The Labute approximate surface area is 148 Å². The van der Waals surface area contributed by atoms with Crippen LogP contribution < -0.4 is 0 Å². The van der Waals surface area contributed by atoms with E-state index in [9.17, 15) is 13.2 Å². The van der Waals surface area contributed by atoms with Crippen LogP contribution in [0.3, 0.4) is 0 Å². The van der Waals surface area contributed by atoms with Crippen molar-refractivity contribution in [3.63, 3.8) is 0 Å². The monoisotopic (exact) mass is 369 g/mol. The molecule has 0 radical (unpaired) electrons. The summed E-state index contributed by atoms with van der Waals surface area (Å²) < 4.78 is 48.9. The zero-order valence-corrected chi connectivity index (χ0v) is 15.0. The van der Waals surface area contributed by atoms with Gasteiger partial charge in [0, 0.05) is 16.5 Å². The number of halogens is 3. The first-order valence-electron chi connectivity index (χ1n) is 7.92. The number of hydrogen-bond acceptors (Lipinski definition) is 5. The summed E-state index contributed by atoms with van der Waals surface area (Å²) in [7, 11) is 0. The maximum Gasteiger partial charge on any atom is 0.433 e. The molecule has 0 spiro atoms. The molecule has 2 aromatic rings. The highest BCUT2D eigenvalue weighted by Gasteiger charge is 2.33. The molecule has 0 unspecified atom stereocenters. The van der Waals surface area contributed by atoms with Gasteiger partial charge < -0.3 is 4.42 Å². The van der Waals surface area contributed by atoms with E-state index in [-0.39, 0.29) is 16.2 Å². The van der Waals surface area contributed by atoms with E-state index in [1.165, 1.54) is 18.0 Å². The number of rotatable bonds is 2. The average Bonchev–Trinajstić information content (AvgIpc) is 2.96. The predicted molar refractivity (Wildman–Crippen MR) is 91.6 cm³/mol. The van der Waals surface area contributed by atoms with Crippen LogP contribution in [0.4, 0.5) is 13.2 Å². The Bertz CT molecular complexity index is 806. The molecule has 0 N–H and O–H groups in total. The maximum absolute atomic E-state index is 12.8. The van der Waals surface area contributed by atoms with Crippen LogP contribution in [-0.2, 0) is 12.6 Å². The molecule has 25 heavy (non-hydrogen) atoms. The highest BCUT2D eigenvalue weighted by molar-refractivity contribution is 7.99. The molecule has 0 saturated heterocycles. The number of aromatic nitrogens is 2. The molecule has 0 saturated carbocycles.